The molecule has 2 heteroatoms. The van der Waals surface area contributed by atoms with Crippen molar-refractivity contribution in [1.29, 1.82) is 0 Å². The molecule has 0 aliphatic heterocycles. The Morgan fingerprint density at radius 2 is 1.71 bits per heavy atom. The summed E-state index contributed by atoms with van der Waals surface area (Å²) >= 11 is 0. The monoisotopic (exact) mass is 282 g/mol. The van der Waals surface area contributed by atoms with Crippen molar-refractivity contribution in [2.45, 2.75) is 45.6 Å². The molecular formula is C19H26N2. The highest BCUT2D eigenvalue weighted by Gasteiger charge is 2.08. The third-order valence-electron chi connectivity index (χ3n) is 4.15. The number of nitrogens with two attached hydrogens (primary N) is 1. The fourth-order valence-corrected chi connectivity index (χ4v) is 2.66. The maximum Gasteiger partial charge on any atom is 0.0251 e. The Morgan fingerprint density at radius 1 is 0.952 bits per heavy atom. The van der Waals surface area contributed by atoms with Crippen LogP contribution in [-0.4, -0.2) is 6.04 Å². The molecule has 0 aliphatic carbocycles. The van der Waals surface area contributed by atoms with Crippen LogP contribution in [0.25, 0.3) is 0 Å². The van der Waals surface area contributed by atoms with Gasteiger partial charge < -0.3 is 0 Å². The zero-order chi connectivity index (χ0) is 15.1. The summed E-state index contributed by atoms with van der Waals surface area (Å²) in [6.45, 7) is 4.32. The van der Waals surface area contributed by atoms with Gasteiger partial charge in [0.1, 0.15) is 0 Å². The molecule has 2 aromatic rings. The minimum absolute atomic E-state index is 0.343. The molecule has 112 valence electrons. The van der Waals surface area contributed by atoms with Crippen molar-refractivity contribution in [3.05, 3.63) is 70.8 Å². The van der Waals surface area contributed by atoms with Crippen LogP contribution in [0.3, 0.4) is 0 Å². The number of hydrogen-bond donors (Lipinski definition) is 2. The first-order valence-electron chi connectivity index (χ1n) is 7.75. The zero-order valence-corrected chi connectivity index (χ0v) is 13.1. The molecule has 21 heavy (non-hydrogen) atoms. The number of hydrazine groups is 1. The molecule has 2 rings (SSSR count). The van der Waals surface area contributed by atoms with Gasteiger partial charge in [-0.1, -0.05) is 48.5 Å². The first kappa shape index (κ1) is 15.7. The van der Waals surface area contributed by atoms with E-state index in [1.807, 2.05) is 0 Å². The summed E-state index contributed by atoms with van der Waals surface area (Å²) in [5.74, 6) is 5.72. The molecule has 0 heterocycles. The SMILES string of the molecule is Cc1ccc(CC(CCCc2ccccc2)NN)cc1C. The molecule has 0 aromatic heterocycles. The van der Waals surface area contributed by atoms with Gasteiger partial charge in [0, 0.05) is 6.04 Å². The third kappa shape index (κ3) is 5.00. The lowest BCUT2D eigenvalue weighted by Crippen LogP contribution is -2.36. The second kappa shape index (κ2) is 7.96. The molecule has 0 fully saturated rings. The van der Waals surface area contributed by atoms with Gasteiger partial charge in [-0.3, -0.25) is 11.3 Å². The van der Waals surface area contributed by atoms with Crippen molar-refractivity contribution in [1.82, 2.24) is 5.43 Å². The summed E-state index contributed by atoms with van der Waals surface area (Å²) in [5.41, 5.74) is 8.44. The molecule has 1 atom stereocenters. The van der Waals surface area contributed by atoms with Crippen molar-refractivity contribution in [3.8, 4) is 0 Å². The Kier molecular flexibility index (Phi) is 5.97. The highest BCUT2D eigenvalue weighted by Crippen LogP contribution is 2.14. The van der Waals surface area contributed by atoms with E-state index in [4.69, 9.17) is 5.84 Å². The largest absolute Gasteiger partial charge is 0.271 e. The lowest BCUT2D eigenvalue weighted by molar-refractivity contribution is 0.476. The van der Waals surface area contributed by atoms with E-state index in [2.05, 4.69) is 67.8 Å². The summed E-state index contributed by atoms with van der Waals surface area (Å²) in [4.78, 5) is 0. The van der Waals surface area contributed by atoms with Crippen LogP contribution in [0.2, 0.25) is 0 Å². The van der Waals surface area contributed by atoms with Crippen LogP contribution < -0.4 is 11.3 Å². The lowest BCUT2D eigenvalue weighted by atomic mass is 9.97. The van der Waals surface area contributed by atoms with Gasteiger partial charge in [-0.2, -0.15) is 0 Å². The molecule has 0 amide bonds. The lowest BCUT2D eigenvalue weighted by Gasteiger charge is -2.16. The molecule has 0 radical (unpaired) electrons. The summed E-state index contributed by atoms with van der Waals surface area (Å²) in [6, 6.07) is 17.7. The molecule has 2 aromatic carbocycles. The van der Waals surface area contributed by atoms with Crippen LogP contribution in [0, 0.1) is 13.8 Å². The van der Waals surface area contributed by atoms with Gasteiger partial charge in [-0.05, 0) is 61.8 Å². The maximum absolute atomic E-state index is 5.72. The number of benzene rings is 2. The molecule has 0 bridgehead atoms. The average molecular weight is 282 g/mol. The summed E-state index contributed by atoms with van der Waals surface area (Å²) in [6.07, 6.45) is 4.36. The third-order valence-corrected chi connectivity index (χ3v) is 4.15. The first-order valence-corrected chi connectivity index (χ1v) is 7.75. The summed E-state index contributed by atoms with van der Waals surface area (Å²) in [7, 11) is 0. The second-order valence-electron chi connectivity index (χ2n) is 5.86. The molecule has 3 N–H and O–H groups in total. The van der Waals surface area contributed by atoms with E-state index in [-0.39, 0.29) is 0 Å². The summed E-state index contributed by atoms with van der Waals surface area (Å²) in [5, 5.41) is 0. The number of nitrogens with one attached hydrogen (secondary N) is 1. The highest BCUT2D eigenvalue weighted by molar-refractivity contribution is 5.30. The van der Waals surface area contributed by atoms with Gasteiger partial charge in [-0.25, -0.2) is 0 Å². The van der Waals surface area contributed by atoms with Gasteiger partial charge >= 0.3 is 0 Å². The Hall–Kier alpha value is -1.64. The fraction of sp³-hybridized carbons (Fsp3) is 0.368. The van der Waals surface area contributed by atoms with Crippen molar-refractivity contribution in [2.75, 3.05) is 0 Å². The van der Waals surface area contributed by atoms with Crippen LogP contribution >= 0.6 is 0 Å². The Labute approximate surface area is 128 Å². The van der Waals surface area contributed by atoms with Gasteiger partial charge in [0.05, 0.1) is 0 Å². The topological polar surface area (TPSA) is 38.0 Å². The van der Waals surface area contributed by atoms with Gasteiger partial charge in [0.15, 0.2) is 0 Å². The number of hydrogen-bond acceptors (Lipinski definition) is 2. The molecule has 0 aliphatic rings. The minimum atomic E-state index is 0.343. The predicted molar refractivity (Wildman–Crippen MR) is 90.1 cm³/mol. The Bertz CT molecular complexity index is 549. The standard InChI is InChI=1S/C19H26N2/c1-15-11-12-18(13-16(15)2)14-19(21-20)10-6-9-17-7-4-3-5-8-17/h3-5,7-8,11-13,19,21H,6,9-10,14,20H2,1-2H3. The van der Waals surface area contributed by atoms with Gasteiger partial charge in [0.25, 0.3) is 0 Å². The first-order chi connectivity index (χ1) is 10.2. The van der Waals surface area contributed by atoms with Crippen LogP contribution in [0.5, 0.6) is 0 Å². The van der Waals surface area contributed by atoms with Crippen molar-refractivity contribution >= 4 is 0 Å². The van der Waals surface area contributed by atoms with Gasteiger partial charge in [-0.15, -0.1) is 0 Å². The average Bonchev–Trinajstić information content (AvgIpc) is 2.51. The van der Waals surface area contributed by atoms with Gasteiger partial charge in [0.2, 0.25) is 0 Å². The van der Waals surface area contributed by atoms with E-state index in [0.29, 0.717) is 6.04 Å². The quantitative estimate of drug-likeness (QED) is 0.600. The van der Waals surface area contributed by atoms with Crippen LogP contribution in [-0.2, 0) is 12.8 Å². The molecule has 2 nitrogen and oxygen atoms in total. The molecule has 0 spiro atoms. The molecular weight excluding hydrogens is 256 g/mol. The van der Waals surface area contributed by atoms with E-state index in [9.17, 15) is 0 Å². The summed E-state index contributed by atoms with van der Waals surface area (Å²) < 4.78 is 0. The van der Waals surface area contributed by atoms with E-state index in [0.717, 1.165) is 25.7 Å². The molecule has 0 saturated heterocycles. The Balaban J connectivity index is 1.84. The van der Waals surface area contributed by atoms with E-state index >= 15 is 0 Å². The number of rotatable bonds is 7. The minimum Gasteiger partial charge on any atom is -0.271 e. The highest BCUT2D eigenvalue weighted by atomic mass is 15.2. The van der Waals surface area contributed by atoms with Crippen molar-refractivity contribution < 1.29 is 0 Å². The Morgan fingerprint density at radius 3 is 2.38 bits per heavy atom. The van der Waals surface area contributed by atoms with Crippen LogP contribution in [0.1, 0.15) is 35.1 Å². The van der Waals surface area contributed by atoms with E-state index in [1.165, 1.54) is 22.3 Å². The van der Waals surface area contributed by atoms with Crippen molar-refractivity contribution in [3.63, 3.8) is 0 Å². The van der Waals surface area contributed by atoms with Crippen LogP contribution in [0.4, 0.5) is 0 Å². The number of aryl methyl sites for hydroxylation is 3. The molecule has 0 saturated carbocycles. The predicted octanol–water partition coefficient (Wildman–Crippen LogP) is 3.70. The van der Waals surface area contributed by atoms with Crippen molar-refractivity contribution in [2.24, 2.45) is 5.84 Å². The maximum atomic E-state index is 5.72. The van der Waals surface area contributed by atoms with E-state index < -0.39 is 0 Å². The van der Waals surface area contributed by atoms with E-state index in [1.54, 1.807) is 0 Å². The normalized spacial score (nSPS) is 12.3. The fourth-order valence-electron chi connectivity index (χ4n) is 2.66. The zero-order valence-electron chi connectivity index (χ0n) is 13.1. The van der Waals surface area contributed by atoms with Crippen LogP contribution in [0.15, 0.2) is 48.5 Å². The second-order valence-corrected chi connectivity index (χ2v) is 5.86. The smallest absolute Gasteiger partial charge is 0.0251 e. The molecule has 1 unspecified atom stereocenters.